The topological polar surface area (TPSA) is 50.3 Å². The van der Waals surface area contributed by atoms with Gasteiger partial charge in [0.15, 0.2) is 0 Å². The van der Waals surface area contributed by atoms with Crippen LogP contribution in [0.2, 0.25) is 0 Å². The van der Waals surface area contributed by atoms with Crippen LogP contribution in [0.3, 0.4) is 0 Å². The Bertz CT molecular complexity index is 895. The number of ether oxygens (including phenoxy) is 1. The number of hydrogen-bond acceptors (Lipinski definition) is 5. The lowest BCUT2D eigenvalue weighted by molar-refractivity contribution is 0.415. The zero-order chi connectivity index (χ0) is 20.5. The quantitative estimate of drug-likeness (QED) is 0.439. The van der Waals surface area contributed by atoms with E-state index in [-0.39, 0.29) is 0 Å². The molecule has 0 aliphatic carbocycles. The molecule has 29 heavy (non-hydrogen) atoms. The van der Waals surface area contributed by atoms with Gasteiger partial charge < -0.3 is 15.0 Å². The maximum atomic E-state index is 5.28. The smallest absolute Gasteiger partial charge is 0.145 e. The highest BCUT2D eigenvalue weighted by Gasteiger charge is 2.13. The minimum absolute atomic E-state index is 0.683. The minimum Gasteiger partial charge on any atom is -0.497 e. The second kappa shape index (κ2) is 10.8. The molecule has 0 amide bonds. The van der Waals surface area contributed by atoms with Gasteiger partial charge in [-0.2, -0.15) is 0 Å². The van der Waals surface area contributed by atoms with E-state index in [0.717, 1.165) is 40.5 Å². The molecule has 3 rings (SSSR count). The zero-order valence-corrected chi connectivity index (χ0v) is 17.8. The Balaban J connectivity index is 1.75. The number of hydrogen-bond donors (Lipinski definition) is 1. The molecule has 0 atom stereocenters. The van der Waals surface area contributed by atoms with Crippen LogP contribution in [0.5, 0.6) is 5.75 Å². The van der Waals surface area contributed by atoms with E-state index in [0.29, 0.717) is 6.54 Å². The summed E-state index contributed by atoms with van der Waals surface area (Å²) in [5.41, 5.74) is 2.03. The molecule has 0 spiro atoms. The molecule has 0 aliphatic heterocycles. The van der Waals surface area contributed by atoms with Crippen LogP contribution < -0.4 is 15.0 Å². The van der Waals surface area contributed by atoms with Crippen LogP contribution in [0.15, 0.2) is 48.5 Å². The summed E-state index contributed by atoms with van der Waals surface area (Å²) in [6, 6.07) is 16.2. The maximum absolute atomic E-state index is 5.28. The lowest BCUT2D eigenvalue weighted by Gasteiger charge is -2.21. The Morgan fingerprint density at radius 1 is 0.931 bits per heavy atom. The fourth-order valence-corrected chi connectivity index (χ4v) is 3.42. The first-order valence-corrected chi connectivity index (χ1v) is 10.6. The van der Waals surface area contributed by atoms with Crippen LogP contribution in [-0.2, 0) is 6.54 Å². The monoisotopic (exact) mass is 392 g/mol. The Labute approximate surface area is 174 Å². The lowest BCUT2D eigenvalue weighted by atomic mass is 10.1. The van der Waals surface area contributed by atoms with E-state index in [4.69, 9.17) is 14.7 Å². The van der Waals surface area contributed by atoms with E-state index in [1.807, 2.05) is 43.4 Å². The molecule has 1 N–H and O–H groups in total. The normalized spacial score (nSPS) is 11.0. The molecule has 0 unspecified atom stereocenters. The number of aromatic nitrogens is 2. The molecular formula is C24H32N4O. The molecule has 3 aromatic rings. The predicted octanol–water partition coefficient (Wildman–Crippen LogP) is 5.47. The second-order valence-electron chi connectivity index (χ2n) is 7.33. The summed E-state index contributed by atoms with van der Waals surface area (Å²) in [7, 11) is 3.72. The third-order valence-electron chi connectivity index (χ3n) is 5.15. The summed E-state index contributed by atoms with van der Waals surface area (Å²) in [5.74, 6) is 2.59. The van der Waals surface area contributed by atoms with Gasteiger partial charge in [0.2, 0.25) is 0 Å². The largest absolute Gasteiger partial charge is 0.497 e. The van der Waals surface area contributed by atoms with Crippen molar-refractivity contribution < 1.29 is 4.74 Å². The highest BCUT2D eigenvalue weighted by atomic mass is 16.5. The minimum atomic E-state index is 0.683. The molecule has 154 valence electrons. The van der Waals surface area contributed by atoms with Crippen molar-refractivity contribution in [3.63, 3.8) is 0 Å². The number of para-hydroxylation sites is 1. The Morgan fingerprint density at radius 2 is 1.69 bits per heavy atom. The molecule has 0 saturated carbocycles. The van der Waals surface area contributed by atoms with Gasteiger partial charge in [-0.15, -0.1) is 0 Å². The van der Waals surface area contributed by atoms with Gasteiger partial charge in [0.1, 0.15) is 17.4 Å². The number of rotatable bonds is 11. The standard InChI is InChI=1S/C24H32N4O/c1-4-5-6-7-10-17-25-18-23-26-22-12-9-8-11-21(22)24(27-23)28(2)19-13-15-20(29-3)16-14-19/h8-9,11-16,25H,4-7,10,17-18H2,1-3H3. The van der Waals surface area contributed by atoms with Crippen molar-refractivity contribution in [3.8, 4) is 5.75 Å². The first kappa shape index (κ1) is 21.1. The molecule has 0 aliphatic rings. The molecule has 1 heterocycles. The molecule has 5 nitrogen and oxygen atoms in total. The van der Waals surface area contributed by atoms with E-state index >= 15 is 0 Å². The molecule has 5 heteroatoms. The van der Waals surface area contributed by atoms with Gasteiger partial charge in [-0.3, -0.25) is 0 Å². The average Bonchev–Trinajstić information content (AvgIpc) is 2.77. The lowest BCUT2D eigenvalue weighted by Crippen LogP contribution is -2.19. The van der Waals surface area contributed by atoms with Gasteiger partial charge in [0, 0.05) is 18.1 Å². The van der Waals surface area contributed by atoms with Crippen molar-refractivity contribution >= 4 is 22.4 Å². The van der Waals surface area contributed by atoms with Crippen LogP contribution in [0.25, 0.3) is 10.9 Å². The summed E-state index contributed by atoms with van der Waals surface area (Å²) in [6.07, 6.45) is 6.41. The van der Waals surface area contributed by atoms with Gasteiger partial charge in [-0.1, -0.05) is 44.7 Å². The van der Waals surface area contributed by atoms with Gasteiger partial charge in [0.05, 0.1) is 19.2 Å². The van der Waals surface area contributed by atoms with Gasteiger partial charge >= 0.3 is 0 Å². The number of fused-ring (bicyclic) bond motifs is 1. The van der Waals surface area contributed by atoms with Crippen molar-refractivity contribution in [3.05, 3.63) is 54.4 Å². The summed E-state index contributed by atoms with van der Waals surface area (Å²) >= 11 is 0. The average molecular weight is 393 g/mol. The van der Waals surface area contributed by atoms with Crippen molar-refractivity contribution in [2.24, 2.45) is 0 Å². The van der Waals surface area contributed by atoms with Crippen LogP contribution in [0, 0.1) is 0 Å². The number of nitrogens with zero attached hydrogens (tertiary/aromatic N) is 3. The van der Waals surface area contributed by atoms with Gasteiger partial charge in [-0.25, -0.2) is 9.97 Å². The first-order valence-electron chi connectivity index (χ1n) is 10.6. The number of methoxy groups -OCH3 is 1. The molecule has 0 fully saturated rings. The summed E-state index contributed by atoms with van der Waals surface area (Å²) < 4.78 is 5.28. The number of unbranched alkanes of at least 4 members (excludes halogenated alkanes) is 4. The molecule has 0 radical (unpaired) electrons. The van der Waals surface area contributed by atoms with Crippen molar-refractivity contribution in [1.29, 1.82) is 0 Å². The number of anilines is 2. The van der Waals surface area contributed by atoms with E-state index in [1.165, 1.54) is 32.1 Å². The first-order chi connectivity index (χ1) is 14.2. The second-order valence-corrected chi connectivity index (χ2v) is 7.33. The Morgan fingerprint density at radius 3 is 2.45 bits per heavy atom. The summed E-state index contributed by atoms with van der Waals surface area (Å²) in [6.45, 7) is 3.93. The van der Waals surface area contributed by atoms with Gasteiger partial charge in [-0.05, 0) is 49.4 Å². The Hall–Kier alpha value is -2.66. The highest BCUT2D eigenvalue weighted by Crippen LogP contribution is 2.29. The predicted molar refractivity (Wildman–Crippen MR) is 121 cm³/mol. The number of benzene rings is 2. The van der Waals surface area contributed by atoms with Crippen molar-refractivity contribution in [2.75, 3.05) is 25.6 Å². The fraction of sp³-hybridized carbons (Fsp3) is 0.417. The van der Waals surface area contributed by atoms with Crippen LogP contribution in [0.4, 0.5) is 11.5 Å². The maximum Gasteiger partial charge on any atom is 0.145 e. The van der Waals surface area contributed by atoms with E-state index < -0.39 is 0 Å². The molecule has 0 saturated heterocycles. The highest BCUT2D eigenvalue weighted by molar-refractivity contribution is 5.91. The van der Waals surface area contributed by atoms with Crippen LogP contribution in [0.1, 0.15) is 44.9 Å². The number of nitrogens with one attached hydrogen (secondary N) is 1. The fourth-order valence-electron chi connectivity index (χ4n) is 3.42. The Kier molecular flexibility index (Phi) is 7.82. The van der Waals surface area contributed by atoms with E-state index in [2.05, 4.69) is 29.3 Å². The molecular weight excluding hydrogens is 360 g/mol. The molecule has 0 bridgehead atoms. The zero-order valence-electron chi connectivity index (χ0n) is 17.8. The van der Waals surface area contributed by atoms with Crippen LogP contribution in [-0.4, -0.2) is 30.7 Å². The van der Waals surface area contributed by atoms with E-state index in [1.54, 1.807) is 7.11 Å². The third kappa shape index (κ3) is 5.67. The molecule has 2 aromatic carbocycles. The summed E-state index contributed by atoms with van der Waals surface area (Å²) in [4.78, 5) is 11.8. The van der Waals surface area contributed by atoms with Crippen molar-refractivity contribution in [2.45, 2.75) is 45.6 Å². The van der Waals surface area contributed by atoms with Crippen LogP contribution >= 0.6 is 0 Å². The SMILES string of the molecule is CCCCCCCNCc1nc(N(C)c2ccc(OC)cc2)c2ccccc2n1. The van der Waals surface area contributed by atoms with Gasteiger partial charge in [0.25, 0.3) is 0 Å². The van der Waals surface area contributed by atoms with Crippen molar-refractivity contribution in [1.82, 2.24) is 15.3 Å². The molecule has 1 aromatic heterocycles. The summed E-state index contributed by atoms with van der Waals surface area (Å²) in [5, 5.41) is 4.55. The third-order valence-corrected chi connectivity index (χ3v) is 5.15. The van der Waals surface area contributed by atoms with E-state index in [9.17, 15) is 0 Å².